The minimum absolute atomic E-state index is 0.641. The van der Waals surface area contributed by atoms with Gasteiger partial charge < -0.3 is 4.90 Å². The van der Waals surface area contributed by atoms with E-state index in [1.807, 2.05) is 55.3 Å². The zero-order valence-electron chi connectivity index (χ0n) is 13.7. The predicted molar refractivity (Wildman–Crippen MR) is 96.6 cm³/mol. The first kappa shape index (κ1) is 17.1. The van der Waals surface area contributed by atoms with E-state index in [2.05, 4.69) is 18.0 Å². The van der Waals surface area contributed by atoms with Gasteiger partial charge in [0.05, 0.1) is 23.7 Å². The maximum atomic E-state index is 9.46. The van der Waals surface area contributed by atoms with E-state index in [1.165, 1.54) is 0 Å². The van der Waals surface area contributed by atoms with Gasteiger partial charge in [0.25, 0.3) is 0 Å². The lowest BCUT2D eigenvalue weighted by atomic mass is 9.97. The Morgan fingerprint density at radius 1 is 1.26 bits per heavy atom. The van der Waals surface area contributed by atoms with Crippen LogP contribution in [0.2, 0.25) is 5.02 Å². The minimum Gasteiger partial charge on any atom is -0.366 e. The predicted octanol–water partition coefficient (Wildman–Crippen LogP) is 4.72. The molecule has 3 nitrogen and oxygen atoms in total. The van der Waals surface area contributed by atoms with Crippen LogP contribution in [0.15, 0.2) is 41.4 Å². The van der Waals surface area contributed by atoms with Gasteiger partial charge in [0, 0.05) is 25.0 Å². The zero-order valence-corrected chi connectivity index (χ0v) is 14.4. The number of hydrogen-bond acceptors (Lipinski definition) is 2. The van der Waals surface area contributed by atoms with Gasteiger partial charge in [0.2, 0.25) is 0 Å². The fourth-order valence-electron chi connectivity index (χ4n) is 2.24. The summed E-state index contributed by atoms with van der Waals surface area (Å²) in [7, 11) is 1.97. The largest absolute Gasteiger partial charge is 0.366 e. The molecule has 0 aliphatic rings. The van der Waals surface area contributed by atoms with Gasteiger partial charge in [-0.05, 0) is 42.7 Å². The van der Waals surface area contributed by atoms with Crippen molar-refractivity contribution < 1.29 is 0 Å². The number of benzene rings is 2. The van der Waals surface area contributed by atoms with E-state index in [4.69, 9.17) is 11.6 Å². The van der Waals surface area contributed by atoms with Crippen LogP contribution in [0.1, 0.15) is 29.2 Å². The third kappa shape index (κ3) is 4.34. The monoisotopic (exact) mass is 325 g/mol. The molecule has 0 heterocycles. The van der Waals surface area contributed by atoms with Gasteiger partial charge in [0.15, 0.2) is 0 Å². The first-order chi connectivity index (χ1) is 11.0. The van der Waals surface area contributed by atoms with E-state index in [0.29, 0.717) is 12.0 Å². The highest BCUT2D eigenvalue weighted by Gasteiger charge is 2.09. The Morgan fingerprint density at radius 2 is 2.00 bits per heavy atom. The SMILES string of the molecule is CCN(C)C=Nc1cc(C#N)c(Cc2ccccc2Cl)cc1C. The summed E-state index contributed by atoms with van der Waals surface area (Å²) in [5.74, 6) is 0. The van der Waals surface area contributed by atoms with Crippen molar-refractivity contribution >= 4 is 23.6 Å². The van der Waals surface area contributed by atoms with Crippen LogP contribution >= 0.6 is 11.6 Å². The van der Waals surface area contributed by atoms with Crippen LogP contribution in [-0.2, 0) is 6.42 Å². The molecule has 0 amide bonds. The van der Waals surface area contributed by atoms with Crippen molar-refractivity contribution in [3.63, 3.8) is 0 Å². The second kappa shape index (κ2) is 7.80. The Hall–Kier alpha value is -2.31. The summed E-state index contributed by atoms with van der Waals surface area (Å²) in [5, 5.41) is 10.2. The van der Waals surface area contributed by atoms with E-state index in [9.17, 15) is 5.26 Å². The minimum atomic E-state index is 0.641. The Kier molecular flexibility index (Phi) is 5.78. The fourth-order valence-corrected chi connectivity index (χ4v) is 2.44. The average molecular weight is 326 g/mol. The lowest BCUT2D eigenvalue weighted by Gasteiger charge is -2.11. The summed E-state index contributed by atoms with van der Waals surface area (Å²) in [6.45, 7) is 4.96. The summed E-state index contributed by atoms with van der Waals surface area (Å²) >= 11 is 6.23. The van der Waals surface area contributed by atoms with Crippen molar-refractivity contribution in [1.82, 2.24) is 4.90 Å². The van der Waals surface area contributed by atoms with Crippen LogP contribution in [0.4, 0.5) is 5.69 Å². The molecule has 0 unspecified atom stereocenters. The zero-order chi connectivity index (χ0) is 16.8. The number of aryl methyl sites for hydroxylation is 1. The fraction of sp³-hybridized carbons (Fsp3) is 0.263. The topological polar surface area (TPSA) is 39.4 Å². The molecule has 118 valence electrons. The van der Waals surface area contributed by atoms with Crippen LogP contribution in [0.25, 0.3) is 0 Å². The smallest absolute Gasteiger partial charge is 0.0995 e. The van der Waals surface area contributed by atoms with Gasteiger partial charge in [-0.1, -0.05) is 35.9 Å². The first-order valence-electron chi connectivity index (χ1n) is 7.56. The summed E-state index contributed by atoms with van der Waals surface area (Å²) in [4.78, 5) is 6.46. The van der Waals surface area contributed by atoms with Gasteiger partial charge in [0.1, 0.15) is 0 Å². The molecule has 2 aromatic carbocycles. The van der Waals surface area contributed by atoms with Crippen molar-refractivity contribution in [3.05, 3.63) is 63.7 Å². The molecule has 23 heavy (non-hydrogen) atoms. The van der Waals surface area contributed by atoms with E-state index in [1.54, 1.807) is 6.34 Å². The van der Waals surface area contributed by atoms with Crippen molar-refractivity contribution in [1.29, 1.82) is 5.26 Å². The van der Waals surface area contributed by atoms with Gasteiger partial charge in [-0.3, -0.25) is 0 Å². The number of aliphatic imine (C=N–C) groups is 1. The van der Waals surface area contributed by atoms with E-state index >= 15 is 0 Å². The van der Waals surface area contributed by atoms with Crippen molar-refractivity contribution in [2.75, 3.05) is 13.6 Å². The number of nitrogens with zero attached hydrogens (tertiary/aromatic N) is 3. The van der Waals surface area contributed by atoms with Crippen molar-refractivity contribution in [2.45, 2.75) is 20.3 Å². The molecule has 0 spiro atoms. The molecule has 4 heteroatoms. The average Bonchev–Trinajstić information content (AvgIpc) is 2.55. The van der Waals surface area contributed by atoms with Crippen LogP contribution < -0.4 is 0 Å². The Labute approximate surface area is 142 Å². The van der Waals surface area contributed by atoms with E-state index < -0.39 is 0 Å². The highest BCUT2D eigenvalue weighted by Crippen LogP contribution is 2.27. The van der Waals surface area contributed by atoms with E-state index in [-0.39, 0.29) is 0 Å². The molecule has 2 aromatic rings. The normalized spacial score (nSPS) is 10.7. The number of rotatable bonds is 5. The van der Waals surface area contributed by atoms with Gasteiger partial charge in [-0.2, -0.15) is 5.26 Å². The summed E-state index contributed by atoms with van der Waals surface area (Å²) in [6.07, 6.45) is 2.43. The lowest BCUT2D eigenvalue weighted by molar-refractivity contribution is 0.552. The molecule has 0 aromatic heterocycles. The maximum absolute atomic E-state index is 9.46. The quantitative estimate of drug-likeness (QED) is 0.589. The molecule has 0 saturated heterocycles. The molecule has 0 radical (unpaired) electrons. The molecule has 2 rings (SSSR count). The Balaban J connectivity index is 2.36. The molecular formula is C19H20ClN3. The molecule has 0 atom stereocenters. The highest BCUT2D eigenvalue weighted by molar-refractivity contribution is 6.31. The van der Waals surface area contributed by atoms with Crippen molar-refractivity contribution in [2.24, 2.45) is 4.99 Å². The van der Waals surface area contributed by atoms with Crippen LogP contribution in [0.5, 0.6) is 0 Å². The molecular weight excluding hydrogens is 306 g/mol. The van der Waals surface area contributed by atoms with Crippen LogP contribution in [0, 0.1) is 18.3 Å². The van der Waals surface area contributed by atoms with Crippen LogP contribution in [-0.4, -0.2) is 24.8 Å². The lowest BCUT2D eigenvalue weighted by Crippen LogP contribution is -2.14. The highest BCUT2D eigenvalue weighted by atomic mass is 35.5. The van der Waals surface area contributed by atoms with Crippen molar-refractivity contribution in [3.8, 4) is 6.07 Å². The third-order valence-corrected chi connectivity index (χ3v) is 4.14. The summed E-state index contributed by atoms with van der Waals surface area (Å²) < 4.78 is 0. The molecule has 0 bridgehead atoms. The Bertz CT molecular complexity index is 760. The van der Waals surface area contributed by atoms with Crippen LogP contribution in [0.3, 0.4) is 0 Å². The number of halogens is 1. The Morgan fingerprint density at radius 3 is 2.65 bits per heavy atom. The number of hydrogen-bond donors (Lipinski definition) is 0. The van der Waals surface area contributed by atoms with Gasteiger partial charge in [-0.25, -0.2) is 4.99 Å². The second-order valence-corrected chi connectivity index (χ2v) is 5.90. The third-order valence-electron chi connectivity index (χ3n) is 3.77. The molecule has 0 fully saturated rings. The molecule has 0 N–H and O–H groups in total. The second-order valence-electron chi connectivity index (χ2n) is 5.49. The molecule has 0 saturated carbocycles. The number of nitriles is 1. The molecule has 0 aliphatic carbocycles. The standard InChI is InChI=1S/C19H20ClN3/c1-4-23(3)13-22-19-11-17(12-21)16(9-14(19)2)10-15-7-5-6-8-18(15)20/h5-9,11,13H,4,10H2,1-3H3. The van der Waals surface area contributed by atoms with Gasteiger partial charge in [-0.15, -0.1) is 0 Å². The molecule has 0 aliphatic heterocycles. The summed E-state index contributed by atoms with van der Waals surface area (Å²) in [5.41, 5.74) is 4.51. The summed E-state index contributed by atoms with van der Waals surface area (Å²) in [6, 6.07) is 13.9. The first-order valence-corrected chi connectivity index (χ1v) is 7.94. The van der Waals surface area contributed by atoms with E-state index in [0.717, 1.165) is 33.9 Å². The van der Waals surface area contributed by atoms with Gasteiger partial charge >= 0.3 is 0 Å². The maximum Gasteiger partial charge on any atom is 0.0995 e.